The van der Waals surface area contributed by atoms with Crippen LogP contribution in [0.15, 0.2) is 35.3 Å². The number of urea groups is 1. The Morgan fingerprint density at radius 2 is 1.44 bits per heavy atom. The molecule has 0 aromatic heterocycles. The second-order valence-electron chi connectivity index (χ2n) is 8.05. The van der Waals surface area contributed by atoms with Crippen molar-refractivity contribution in [2.75, 3.05) is 0 Å². The molecule has 1 saturated heterocycles. The third-order valence-electron chi connectivity index (χ3n) is 6.36. The van der Waals surface area contributed by atoms with Crippen LogP contribution in [0.5, 0.6) is 0 Å². The van der Waals surface area contributed by atoms with Crippen LogP contribution >= 0.6 is 0 Å². The predicted octanol–water partition coefficient (Wildman–Crippen LogP) is -2.10. The number of hydrogen-bond acceptors (Lipinski definition) is 6. The molecule has 1 aromatic rings. The van der Waals surface area contributed by atoms with Crippen molar-refractivity contribution < 1.29 is 58.6 Å². The van der Waals surface area contributed by atoms with Crippen LogP contribution in [-0.2, 0) is 24.6 Å². The van der Waals surface area contributed by atoms with E-state index in [0.29, 0.717) is 18.4 Å². The van der Waals surface area contributed by atoms with E-state index in [0.717, 1.165) is 12.8 Å². The zero-order chi connectivity index (χ0) is 24.8. The molecule has 0 saturated carbocycles. The van der Waals surface area contributed by atoms with Gasteiger partial charge in [0.15, 0.2) is 5.41 Å². The maximum atomic E-state index is 12.0. The number of barbiturate groups is 1. The van der Waals surface area contributed by atoms with Gasteiger partial charge in [0.05, 0.1) is 6.02 Å². The Morgan fingerprint density at radius 3 is 1.88 bits per heavy atom. The number of carbonyl (C=O) groups excluding carboxylic acids is 5. The Kier molecular flexibility index (Phi) is 10.6. The van der Waals surface area contributed by atoms with Gasteiger partial charge in [0.25, 0.3) is 5.91 Å². The van der Waals surface area contributed by atoms with Crippen molar-refractivity contribution in [3.8, 4) is 0 Å². The Bertz CT molecular complexity index is 961. The summed E-state index contributed by atoms with van der Waals surface area (Å²) in [5.74, 6) is -2.34. The zero-order valence-electron chi connectivity index (χ0n) is 20.2. The maximum Gasteiger partial charge on any atom is 1.00 e. The summed E-state index contributed by atoms with van der Waals surface area (Å²) in [5, 5.41) is 17.4. The molecule has 1 aromatic carbocycles. The van der Waals surface area contributed by atoms with E-state index in [9.17, 15) is 29.1 Å². The second-order valence-corrected chi connectivity index (χ2v) is 8.05. The van der Waals surface area contributed by atoms with Gasteiger partial charge >= 0.3 is 35.6 Å². The number of aliphatic imine (C=N–C) groups is 1. The normalized spacial score (nSPS) is 22.1. The van der Waals surface area contributed by atoms with Crippen LogP contribution in [0.2, 0.25) is 0 Å². The van der Waals surface area contributed by atoms with Crippen molar-refractivity contribution in [2.45, 2.75) is 58.8 Å². The monoisotopic (exact) mass is 480 g/mol. The SMILES string of the molecule is CCC1(c2ccccc2)C(=O)NC(=O)NC1=O.CCCC(C)C1(CC)C(=O)N=C([O-])NC1=O.[Na+]. The summed E-state index contributed by atoms with van der Waals surface area (Å²) < 4.78 is 0. The third-order valence-corrected chi connectivity index (χ3v) is 6.36. The molecule has 2 heterocycles. The van der Waals surface area contributed by atoms with Crippen LogP contribution in [0, 0.1) is 11.3 Å². The van der Waals surface area contributed by atoms with Crippen LogP contribution in [0.3, 0.4) is 0 Å². The molecule has 6 amide bonds. The number of amides is 6. The van der Waals surface area contributed by atoms with Crippen LogP contribution in [0.4, 0.5) is 4.79 Å². The van der Waals surface area contributed by atoms with Crippen molar-refractivity contribution in [3.05, 3.63) is 35.9 Å². The molecule has 0 radical (unpaired) electrons. The molecular weight excluding hydrogens is 451 g/mol. The Hall–Kier alpha value is -2.56. The average Bonchev–Trinajstić information content (AvgIpc) is 2.75. The largest absolute Gasteiger partial charge is 1.00 e. The molecule has 3 N–H and O–H groups in total. The zero-order valence-corrected chi connectivity index (χ0v) is 22.2. The summed E-state index contributed by atoms with van der Waals surface area (Å²) in [6.45, 7) is 7.36. The summed E-state index contributed by atoms with van der Waals surface area (Å²) in [7, 11) is 0. The number of carbonyl (C=O) groups is 5. The smallest absolute Gasteiger partial charge is 0.846 e. The Morgan fingerprint density at radius 1 is 0.882 bits per heavy atom. The van der Waals surface area contributed by atoms with E-state index in [1.807, 2.05) is 13.8 Å². The molecule has 0 bridgehead atoms. The first kappa shape index (κ1) is 29.5. The minimum Gasteiger partial charge on any atom is -0.846 e. The first-order chi connectivity index (χ1) is 15.6. The number of nitrogens with zero attached hydrogens (tertiary/aromatic N) is 1. The number of benzene rings is 1. The minimum atomic E-state index is -1.31. The van der Waals surface area contributed by atoms with Gasteiger partial charge < -0.3 is 10.4 Å². The number of rotatable bonds is 6. The van der Waals surface area contributed by atoms with Gasteiger partial charge in [-0.05, 0) is 30.7 Å². The molecule has 3 rings (SSSR count). The molecular formula is C23H29N4NaO6. The first-order valence-corrected chi connectivity index (χ1v) is 10.9. The van der Waals surface area contributed by atoms with E-state index in [2.05, 4.69) is 20.9 Å². The molecule has 0 aliphatic carbocycles. The molecule has 2 atom stereocenters. The van der Waals surface area contributed by atoms with E-state index in [-0.39, 0.29) is 35.5 Å². The van der Waals surface area contributed by atoms with Crippen molar-refractivity contribution in [1.29, 1.82) is 0 Å². The van der Waals surface area contributed by atoms with E-state index in [1.165, 1.54) is 0 Å². The van der Waals surface area contributed by atoms with Crippen LogP contribution in [-0.4, -0.2) is 35.7 Å². The van der Waals surface area contributed by atoms with E-state index in [1.54, 1.807) is 44.2 Å². The van der Waals surface area contributed by atoms with Crippen LogP contribution in [0.1, 0.15) is 58.9 Å². The van der Waals surface area contributed by atoms with Crippen molar-refractivity contribution >= 4 is 35.7 Å². The molecule has 2 aliphatic heterocycles. The van der Waals surface area contributed by atoms with Gasteiger partial charge in [0.2, 0.25) is 17.7 Å². The molecule has 1 fully saturated rings. The third kappa shape index (κ3) is 5.39. The van der Waals surface area contributed by atoms with Gasteiger partial charge in [-0.3, -0.25) is 29.8 Å². The summed E-state index contributed by atoms with van der Waals surface area (Å²) in [6.07, 6.45) is 2.31. The fraction of sp³-hybridized carbons (Fsp3) is 0.478. The van der Waals surface area contributed by atoms with Gasteiger partial charge in [-0.15, -0.1) is 0 Å². The summed E-state index contributed by atoms with van der Waals surface area (Å²) in [6, 6.07) is 7.11. The quantitative estimate of drug-likeness (QED) is 0.313. The Balaban J connectivity index is 0.000000331. The van der Waals surface area contributed by atoms with Crippen LogP contribution in [0.25, 0.3) is 0 Å². The molecule has 0 spiro atoms. The molecule has 178 valence electrons. The van der Waals surface area contributed by atoms with Crippen molar-refractivity contribution in [3.63, 3.8) is 0 Å². The number of hydrogen-bond donors (Lipinski definition) is 3. The van der Waals surface area contributed by atoms with E-state index < -0.39 is 46.5 Å². The topological polar surface area (TPSA) is 157 Å². The van der Waals surface area contributed by atoms with Crippen LogP contribution < -0.4 is 50.6 Å². The van der Waals surface area contributed by atoms with Gasteiger partial charge in [-0.25, -0.2) is 9.79 Å². The maximum absolute atomic E-state index is 12.0. The molecule has 11 heteroatoms. The predicted molar refractivity (Wildman–Crippen MR) is 117 cm³/mol. The number of amidine groups is 1. The molecule has 2 aliphatic rings. The summed E-state index contributed by atoms with van der Waals surface area (Å²) in [5.41, 5.74) is -1.87. The van der Waals surface area contributed by atoms with Gasteiger partial charge in [-0.2, -0.15) is 0 Å². The fourth-order valence-corrected chi connectivity index (χ4v) is 4.36. The summed E-state index contributed by atoms with van der Waals surface area (Å²) in [4.78, 5) is 62.1. The molecule has 2 unspecified atom stereocenters. The fourth-order valence-electron chi connectivity index (χ4n) is 4.36. The van der Waals surface area contributed by atoms with Crippen molar-refractivity contribution in [1.82, 2.24) is 16.0 Å². The van der Waals surface area contributed by atoms with E-state index >= 15 is 0 Å². The molecule has 10 nitrogen and oxygen atoms in total. The minimum absolute atomic E-state index is 0. The number of imide groups is 2. The number of nitrogens with one attached hydrogen (secondary N) is 3. The molecule has 34 heavy (non-hydrogen) atoms. The van der Waals surface area contributed by atoms with Gasteiger partial charge in [0, 0.05) is 0 Å². The van der Waals surface area contributed by atoms with Crippen molar-refractivity contribution in [2.24, 2.45) is 16.3 Å². The summed E-state index contributed by atoms with van der Waals surface area (Å²) >= 11 is 0. The Labute approximate surface area is 220 Å². The van der Waals surface area contributed by atoms with E-state index in [4.69, 9.17) is 0 Å². The van der Waals surface area contributed by atoms with Gasteiger partial charge in [-0.1, -0.05) is 64.4 Å². The standard InChI is InChI=1S/C12H12N2O3.C11H18N2O3.Na/c1-2-12(8-6-4-3-5-7-8)9(15)13-11(17)14-10(12)16;1-4-6-7(3)11(5-2)8(14)12-10(16)13-9(11)15;/h3-7H,2H2,1H3,(H2,13,14,15,16,17);7H,4-6H2,1-3H3,(H2,12,13,14,15,16);/q;;+1/p-1. The average molecular weight is 480 g/mol. The first-order valence-electron chi connectivity index (χ1n) is 10.9. The second kappa shape index (κ2) is 12.2. The van der Waals surface area contributed by atoms with Gasteiger partial charge in [0.1, 0.15) is 5.41 Å².